The molecule has 0 bridgehead atoms. The van der Waals surface area contributed by atoms with E-state index in [4.69, 9.17) is 9.73 Å². The highest BCUT2D eigenvalue weighted by Gasteiger charge is 2.22. The van der Waals surface area contributed by atoms with Crippen LogP contribution in [0.15, 0.2) is 96.0 Å². The Hall–Kier alpha value is -3.20. The van der Waals surface area contributed by atoms with E-state index in [0.29, 0.717) is 6.42 Å². The minimum atomic E-state index is -0.611. The van der Waals surface area contributed by atoms with E-state index in [1.165, 1.54) is 0 Å². The van der Waals surface area contributed by atoms with E-state index in [1.807, 2.05) is 105 Å². The van der Waals surface area contributed by atoms with Crippen LogP contribution in [0.5, 0.6) is 0 Å². The van der Waals surface area contributed by atoms with Crippen LogP contribution in [0.3, 0.4) is 0 Å². The predicted molar refractivity (Wildman–Crippen MR) is 114 cm³/mol. The molecule has 0 spiro atoms. The van der Waals surface area contributed by atoms with Crippen LogP contribution in [0.2, 0.25) is 0 Å². The first-order chi connectivity index (χ1) is 13.6. The Balaban J connectivity index is 2.03. The summed E-state index contributed by atoms with van der Waals surface area (Å²) in [6.45, 7) is 3.72. The summed E-state index contributed by atoms with van der Waals surface area (Å²) in [5.74, 6) is -0.303. The molecule has 0 radical (unpaired) electrons. The lowest BCUT2D eigenvalue weighted by molar-refractivity contribution is -0.148. The largest absolute Gasteiger partial charge is 0.461 e. The van der Waals surface area contributed by atoms with Gasteiger partial charge in [0.15, 0.2) is 6.04 Å². The third-order valence-corrected chi connectivity index (χ3v) is 4.28. The van der Waals surface area contributed by atoms with E-state index in [2.05, 4.69) is 0 Å². The van der Waals surface area contributed by atoms with Gasteiger partial charge in [-0.05, 0) is 19.4 Å². The Morgan fingerprint density at radius 2 is 1.25 bits per heavy atom. The molecule has 3 nitrogen and oxygen atoms in total. The van der Waals surface area contributed by atoms with Crippen LogP contribution in [-0.2, 0) is 16.0 Å². The smallest absolute Gasteiger partial charge is 0.331 e. The molecule has 0 saturated carbocycles. The number of hydrogen-bond acceptors (Lipinski definition) is 3. The molecular weight excluding hydrogens is 346 g/mol. The molecule has 0 N–H and O–H groups in total. The van der Waals surface area contributed by atoms with Gasteiger partial charge in [-0.25, -0.2) is 4.79 Å². The van der Waals surface area contributed by atoms with Gasteiger partial charge in [-0.2, -0.15) is 0 Å². The predicted octanol–water partition coefficient (Wildman–Crippen LogP) is 5.09. The Labute approximate surface area is 166 Å². The van der Waals surface area contributed by atoms with E-state index >= 15 is 0 Å². The average Bonchev–Trinajstić information content (AvgIpc) is 2.72. The van der Waals surface area contributed by atoms with Crippen LogP contribution in [-0.4, -0.2) is 23.8 Å². The second-order valence-electron chi connectivity index (χ2n) is 6.90. The molecule has 3 heteroatoms. The molecule has 3 aromatic carbocycles. The average molecular weight is 371 g/mol. The van der Waals surface area contributed by atoms with Crippen molar-refractivity contribution in [2.45, 2.75) is 32.4 Å². The minimum Gasteiger partial charge on any atom is -0.461 e. The lowest BCUT2D eigenvalue weighted by Gasteiger charge is -2.17. The molecule has 3 aromatic rings. The number of rotatable bonds is 7. The highest BCUT2D eigenvalue weighted by molar-refractivity contribution is 6.13. The molecular formula is C25H25NO2. The minimum absolute atomic E-state index is 0.183. The maximum atomic E-state index is 12.8. The number of carbonyl (C=O) groups excluding carboxylic acids is 1. The summed E-state index contributed by atoms with van der Waals surface area (Å²) in [6.07, 6.45) is 0.313. The third-order valence-electron chi connectivity index (χ3n) is 4.28. The number of ether oxygens (including phenoxy) is 1. The fourth-order valence-electron chi connectivity index (χ4n) is 2.99. The Morgan fingerprint density at radius 3 is 1.71 bits per heavy atom. The topological polar surface area (TPSA) is 38.7 Å². The summed E-state index contributed by atoms with van der Waals surface area (Å²) >= 11 is 0. The second-order valence-corrected chi connectivity index (χ2v) is 6.90. The van der Waals surface area contributed by atoms with Gasteiger partial charge in [-0.15, -0.1) is 0 Å². The van der Waals surface area contributed by atoms with Gasteiger partial charge in [0.1, 0.15) is 0 Å². The van der Waals surface area contributed by atoms with E-state index in [9.17, 15) is 4.79 Å². The van der Waals surface area contributed by atoms with Crippen molar-refractivity contribution < 1.29 is 9.53 Å². The highest BCUT2D eigenvalue weighted by atomic mass is 16.5. The zero-order valence-electron chi connectivity index (χ0n) is 16.3. The van der Waals surface area contributed by atoms with Crippen LogP contribution in [0.1, 0.15) is 30.5 Å². The maximum Gasteiger partial charge on any atom is 0.331 e. The van der Waals surface area contributed by atoms with Gasteiger partial charge >= 0.3 is 5.97 Å². The zero-order valence-corrected chi connectivity index (χ0v) is 16.3. The molecule has 1 unspecified atom stereocenters. The molecule has 0 saturated heterocycles. The molecule has 0 aliphatic carbocycles. The molecule has 0 heterocycles. The first-order valence-corrected chi connectivity index (χ1v) is 9.56. The Morgan fingerprint density at radius 1 is 0.786 bits per heavy atom. The van der Waals surface area contributed by atoms with Crippen LogP contribution >= 0.6 is 0 Å². The Bertz CT molecular complexity index is 862. The first kappa shape index (κ1) is 19.6. The van der Waals surface area contributed by atoms with Crippen LogP contribution in [0.25, 0.3) is 0 Å². The zero-order chi connectivity index (χ0) is 19.8. The second kappa shape index (κ2) is 9.65. The first-order valence-electron chi connectivity index (χ1n) is 9.56. The number of aliphatic imine (C=N–C) groups is 1. The summed E-state index contributed by atoms with van der Waals surface area (Å²) in [7, 11) is 0. The van der Waals surface area contributed by atoms with Gasteiger partial charge in [0.05, 0.1) is 11.8 Å². The Kier molecular flexibility index (Phi) is 6.74. The monoisotopic (exact) mass is 371 g/mol. The number of carbonyl (C=O) groups is 1. The van der Waals surface area contributed by atoms with Crippen molar-refractivity contribution in [1.29, 1.82) is 0 Å². The van der Waals surface area contributed by atoms with Crippen molar-refractivity contribution >= 4 is 11.7 Å². The normalized spacial score (nSPS) is 11.7. The summed E-state index contributed by atoms with van der Waals surface area (Å²) in [6, 6.07) is 29.2. The fraction of sp³-hybridized carbons (Fsp3) is 0.200. The van der Waals surface area contributed by atoms with Crippen molar-refractivity contribution in [1.82, 2.24) is 0 Å². The maximum absolute atomic E-state index is 12.8. The highest BCUT2D eigenvalue weighted by Crippen LogP contribution is 2.16. The fourth-order valence-corrected chi connectivity index (χ4v) is 2.99. The van der Waals surface area contributed by atoms with E-state index < -0.39 is 6.04 Å². The van der Waals surface area contributed by atoms with Crippen molar-refractivity contribution in [3.8, 4) is 0 Å². The number of nitrogens with zero attached hydrogens (tertiary/aromatic N) is 1. The molecule has 0 amide bonds. The van der Waals surface area contributed by atoms with E-state index in [0.717, 1.165) is 22.4 Å². The lowest BCUT2D eigenvalue weighted by atomic mass is 10.0. The van der Waals surface area contributed by atoms with Crippen molar-refractivity contribution in [3.05, 3.63) is 108 Å². The quantitative estimate of drug-likeness (QED) is 0.429. The van der Waals surface area contributed by atoms with Crippen molar-refractivity contribution in [2.75, 3.05) is 0 Å². The van der Waals surface area contributed by atoms with Crippen molar-refractivity contribution in [2.24, 2.45) is 4.99 Å². The van der Waals surface area contributed by atoms with E-state index in [-0.39, 0.29) is 12.1 Å². The van der Waals surface area contributed by atoms with Gasteiger partial charge in [-0.3, -0.25) is 4.99 Å². The van der Waals surface area contributed by atoms with Gasteiger partial charge in [-0.1, -0.05) is 91.0 Å². The molecule has 0 aliphatic rings. The molecule has 0 aromatic heterocycles. The molecule has 0 fully saturated rings. The summed E-state index contributed by atoms with van der Waals surface area (Å²) in [5, 5.41) is 0. The lowest BCUT2D eigenvalue weighted by Crippen LogP contribution is -2.28. The summed E-state index contributed by atoms with van der Waals surface area (Å²) in [5.41, 5.74) is 3.80. The number of benzene rings is 3. The number of esters is 1. The van der Waals surface area contributed by atoms with E-state index in [1.54, 1.807) is 0 Å². The van der Waals surface area contributed by atoms with Gasteiger partial charge in [0.25, 0.3) is 0 Å². The third kappa shape index (κ3) is 5.40. The summed E-state index contributed by atoms with van der Waals surface area (Å²) < 4.78 is 5.51. The standard InChI is InChI=1S/C25H25NO2/c1-19(2)28-25(27)23(18-20-12-6-3-7-13-20)26-24(21-14-8-4-9-15-21)22-16-10-5-11-17-22/h3-17,19,23H,18H2,1-2H3. The molecule has 0 aliphatic heterocycles. The van der Waals surface area contributed by atoms with Crippen LogP contribution in [0.4, 0.5) is 0 Å². The van der Waals surface area contributed by atoms with Crippen molar-refractivity contribution in [3.63, 3.8) is 0 Å². The van der Waals surface area contributed by atoms with Gasteiger partial charge < -0.3 is 4.74 Å². The van der Waals surface area contributed by atoms with Gasteiger partial charge in [0.2, 0.25) is 0 Å². The van der Waals surface area contributed by atoms with Crippen LogP contribution < -0.4 is 0 Å². The van der Waals surface area contributed by atoms with Gasteiger partial charge in [0, 0.05) is 17.5 Å². The summed E-state index contributed by atoms with van der Waals surface area (Å²) in [4.78, 5) is 17.7. The molecule has 142 valence electrons. The molecule has 28 heavy (non-hydrogen) atoms. The number of hydrogen-bond donors (Lipinski definition) is 0. The molecule has 3 rings (SSSR count). The van der Waals surface area contributed by atoms with Crippen LogP contribution in [0, 0.1) is 0 Å². The SMILES string of the molecule is CC(C)OC(=O)C(Cc1ccccc1)N=C(c1ccccc1)c1ccccc1. The molecule has 1 atom stereocenters.